The average molecular weight is 350 g/mol. The molecule has 1 heterocycles. The van der Waals surface area contributed by atoms with Gasteiger partial charge in [-0.15, -0.1) is 0 Å². The number of benzene rings is 1. The topological polar surface area (TPSA) is 97.5 Å². The third-order valence-electron chi connectivity index (χ3n) is 3.36. The third-order valence-corrected chi connectivity index (χ3v) is 8.76. The molecule has 1 aliphatic heterocycles. The normalized spacial score (nSPS) is 21.3. The van der Waals surface area contributed by atoms with Crippen LogP contribution in [0.3, 0.4) is 0 Å². The van der Waals surface area contributed by atoms with E-state index in [-0.39, 0.29) is 28.6 Å². The molecule has 2 rings (SSSR count). The fourth-order valence-electron chi connectivity index (χ4n) is 2.16. The first-order valence-electron chi connectivity index (χ1n) is 6.46. The molecule has 9 heteroatoms. The molecule has 21 heavy (non-hydrogen) atoms. The van der Waals surface area contributed by atoms with Crippen LogP contribution in [0.5, 0.6) is 0 Å². The van der Waals surface area contributed by atoms with Gasteiger partial charge in [-0.25, -0.2) is 16.8 Å². The fraction of sp³-hybridized carbons (Fsp3) is 0.500. The van der Waals surface area contributed by atoms with Gasteiger partial charge in [0.1, 0.15) is 10.3 Å². The van der Waals surface area contributed by atoms with Crippen LogP contribution in [0.2, 0.25) is 0 Å². The summed E-state index contributed by atoms with van der Waals surface area (Å²) in [7, 11) is -7.41. The Morgan fingerprint density at radius 2 is 1.95 bits per heavy atom. The third kappa shape index (κ3) is 3.20. The number of nitrogens with two attached hydrogens (primary N) is 1. The van der Waals surface area contributed by atoms with Crippen molar-refractivity contribution >= 4 is 37.3 Å². The van der Waals surface area contributed by atoms with Crippen LogP contribution in [0.25, 0.3) is 0 Å². The number of thioether (sulfide) groups is 1. The maximum atomic E-state index is 12.8. The number of nitrogen functional groups attached to an aromatic ring is 1. The molecule has 118 valence electrons. The summed E-state index contributed by atoms with van der Waals surface area (Å²) in [5.74, 6) is 0.734. The van der Waals surface area contributed by atoms with Crippen molar-refractivity contribution in [1.82, 2.24) is 4.31 Å². The second kappa shape index (κ2) is 6.15. The first-order chi connectivity index (χ1) is 9.80. The minimum Gasteiger partial charge on any atom is -0.398 e. The van der Waals surface area contributed by atoms with E-state index < -0.39 is 25.2 Å². The monoisotopic (exact) mass is 350 g/mol. The van der Waals surface area contributed by atoms with Crippen molar-refractivity contribution in [3.63, 3.8) is 0 Å². The molecule has 1 fully saturated rings. The summed E-state index contributed by atoms with van der Waals surface area (Å²) in [6.45, 7) is 1.70. The predicted molar refractivity (Wildman–Crippen MR) is 85.3 cm³/mol. The van der Waals surface area contributed by atoms with Crippen molar-refractivity contribution in [2.24, 2.45) is 0 Å². The van der Waals surface area contributed by atoms with Gasteiger partial charge in [0, 0.05) is 23.8 Å². The summed E-state index contributed by atoms with van der Waals surface area (Å²) < 4.78 is 50.9. The van der Waals surface area contributed by atoms with Crippen LogP contribution in [0.15, 0.2) is 29.2 Å². The lowest BCUT2D eigenvalue weighted by Crippen LogP contribution is -2.50. The number of sulfone groups is 1. The maximum Gasteiger partial charge on any atom is 0.246 e. The zero-order chi connectivity index (χ0) is 15.7. The van der Waals surface area contributed by atoms with Gasteiger partial charge < -0.3 is 5.73 Å². The molecule has 0 saturated carbocycles. The number of sulfonamides is 1. The number of nitrogens with zero attached hydrogens (tertiary/aromatic N) is 1. The summed E-state index contributed by atoms with van der Waals surface area (Å²) in [6, 6.07) is 6.11. The van der Waals surface area contributed by atoms with Crippen molar-refractivity contribution in [1.29, 1.82) is 0 Å². The van der Waals surface area contributed by atoms with Gasteiger partial charge in [-0.2, -0.15) is 16.1 Å². The van der Waals surface area contributed by atoms with Gasteiger partial charge in [-0.1, -0.05) is 19.1 Å². The smallest absolute Gasteiger partial charge is 0.246 e. The molecule has 1 aromatic rings. The van der Waals surface area contributed by atoms with E-state index in [1.807, 2.05) is 0 Å². The van der Waals surface area contributed by atoms with Gasteiger partial charge >= 0.3 is 0 Å². The quantitative estimate of drug-likeness (QED) is 0.806. The van der Waals surface area contributed by atoms with E-state index in [0.29, 0.717) is 5.75 Å². The Morgan fingerprint density at radius 3 is 2.57 bits per heavy atom. The van der Waals surface area contributed by atoms with Gasteiger partial charge in [0.15, 0.2) is 9.84 Å². The van der Waals surface area contributed by atoms with Crippen molar-refractivity contribution in [2.75, 3.05) is 29.5 Å². The van der Waals surface area contributed by atoms with Crippen LogP contribution in [-0.4, -0.2) is 50.3 Å². The molecule has 1 atom stereocenters. The highest BCUT2D eigenvalue weighted by molar-refractivity contribution is 8.01. The van der Waals surface area contributed by atoms with Crippen LogP contribution >= 0.6 is 11.8 Å². The standard InChI is InChI=1S/C12H18N2O4S3/c1-2-20(15,16)12-9-19-8-7-14(12)21(17,18)11-6-4-3-5-10(11)13/h3-6,12H,2,7-9,13H2,1H3. The molecule has 2 N–H and O–H groups in total. The maximum absolute atomic E-state index is 12.8. The molecule has 0 aliphatic carbocycles. The predicted octanol–water partition coefficient (Wildman–Crippen LogP) is 0.767. The molecule has 1 aromatic carbocycles. The van der Waals surface area contributed by atoms with E-state index in [1.165, 1.54) is 30.8 Å². The van der Waals surface area contributed by atoms with Crippen molar-refractivity contribution in [3.8, 4) is 0 Å². The Morgan fingerprint density at radius 1 is 1.29 bits per heavy atom. The summed E-state index contributed by atoms with van der Waals surface area (Å²) >= 11 is 1.45. The lowest BCUT2D eigenvalue weighted by molar-refractivity contribution is 0.404. The molecule has 0 aromatic heterocycles. The number of anilines is 1. The Balaban J connectivity index is 2.49. The molecular weight excluding hydrogens is 332 g/mol. The first kappa shape index (κ1) is 16.6. The highest BCUT2D eigenvalue weighted by atomic mass is 32.2. The van der Waals surface area contributed by atoms with Gasteiger partial charge in [0.05, 0.1) is 5.69 Å². The zero-order valence-corrected chi connectivity index (χ0v) is 14.0. The van der Waals surface area contributed by atoms with Crippen LogP contribution in [0, 0.1) is 0 Å². The van der Waals surface area contributed by atoms with Crippen LogP contribution in [0.1, 0.15) is 6.92 Å². The Kier molecular flexibility index (Phi) is 4.86. The number of hydrogen-bond acceptors (Lipinski definition) is 6. The summed E-state index contributed by atoms with van der Waals surface area (Å²) in [4.78, 5) is -0.0341. The number of rotatable bonds is 4. The Bertz CT molecular complexity index is 716. The van der Waals surface area contributed by atoms with Gasteiger partial charge in [-0.3, -0.25) is 0 Å². The molecule has 6 nitrogen and oxygen atoms in total. The molecule has 0 amide bonds. The van der Waals surface area contributed by atoms with Crippen LogP contribution in [-0.2, 0) is 19.9 Å². The van der Waals surface area contributed by atoms with E-state index in [9.17, 15) is 16.8 Å². The van der Waals surface area contributed by atoms with E-state index in [4.69, 9.17) is 5.73 Å². The highest BCUT2D eigenvalue weighted by Crippen LogP contribution is 2.30. The van der Waals surface area contributed by atoms with Gasteiger partial charge in [0.25, 0.3) is 0 Å². The number of hydrogen-bond donors (Lipinski definition) is 1. The van der Waals surface area contributed by atoms with Gasteiger partial charge in [0.2, 0.25) is 10.0 Å². The van der Waals surface area contributed by atoms with E-state index in [2.05, 4.69) is 0 Å². The summed E-state index contributed by atoms with van der Waals surface area (Å²) in [5, 5.41) is -1.02. The van der Waals surface area contributed by atoms with E-state index in [0.717, 1.165) is 4.31 Å². The summed E-state index contributed by atoms with van der Waals surface area (Å²) in [5.41, 5.74) is 5.87. The van der Waals surface area contributed by atoms with Crippen LogP contribution in [0.4, 0.5) is 5.69 Å². The van der Waals surface area contributed by atoms with Crippen LogP contribution < -0.4 is 5.73 Å². The Hall–Kier alpha value is -0.770. The van der Waals surface area contributed by atoms with Gasteiger partial charge in [-0.05, 0) is 12.1 Å². The van der Waals surface area contributed by atoms with Crippen molar-refractivity contribution in [2.45, 2.75) is 17.2 Å². The minimum atomic E-state index is -3.92. The first-order valence-corrected chi connectivity index (χ1v) is 10.8. The minimum absolute atomic E-state index is 0.0341. The molecule has 0 bridgehead atoms. The second-order valence-electron chi connectivity index (χ2n) is 4.63. The SMILES string of the molecule is CCS(=O)(=O)C1CSCCN1S(=O)(=O)c1ccccc1N. The second-order valence-corrected chi connectivity index (χ2v) is 10.1. The summed E-state index contributed by atoms with van der Waals surface area (Å²) in [6.07, 6.45) is 0. The molecule has 1 unspecified atom stereocenters. The van der Waals surface area contributed by atoms with Crippen molar-refractivity contribution < 1.29 is 16.8 Å². The fourth-order valence-corrected chi connectivity index (χ4v) is 7.53. The lowest BCUT2D eigenvalue weighted by Gasteiger charge is -2.33. The molecular formula is C12H18N2O4S3. The van der Waals surface area contributed by atoms with E-state index in [1.54, 1.807) is 12.1 Å². The molecule has 0 spiro atoms. The lowest BCUT2D eigenvalue weighted by atomic mass is 10.3. The van der Waals surface area contributed by atoms with Crippen molar-refractivity contribution in [3.05, 3.63) is 24.3 Å². The highest BCUT2D eigenvalue weighted by Gasteiger charge is 2.41. The largest absolute Gasteiger partial charge is 0.398 e. The average Bonchev–Trinajstić information content (AvgIpc) is 2.47. The molecule has 0 radical (unpaired) electrons. The van der Waals surface area contributed by atoms with E-state index >= 15 is 0 Å². The zero-order valence-electron chi connectivity index (χ0n) is 11.6. The molecule has 1 aliphatic rings. The molecule has 1 saturated heterocycles. The Labute approximate surface area is 129 Å². The number of para-hydroxylation sites is 1.